The number of carbonyl (C=O) groups excluding carboxylic acids is 1. The molecule has 0 saturated carbocycles. The molecule has 0 spiro atoms. The minimum absolute atomic E-state index is 0.117. The summed E-state index contributed by atoms with van der Waals surface area (Å²) in [5.74, 6) is -0.365. The van der Waals surface area contributed by atoms with Gasteiger partial charge in [-0.3, -0.25) is 14.7 Å². The summed E-state index contributed by atoms with van der Waals surface area (Å²) in [6.07, 6.45) is 4.62. The molecule has 1 fully saturated rings. The first-order valence-corrected chi connectivity index (χ1v) is 11.8. The van der Waals surface area contributed by atoms with E-state index in [9.17, 15) is 9.59 Å². The van der Waals surface area contributed by atoms with Crippen molar-refractivity contribution in [1.82, 2.24) is 19.3 Å². The Morgan fingerprint density at radius 2 is 2.00 bits per heavy atom. The molecule has 35 heavy (non-hydrogen) atoms. The van der Waals surface area contributed by atoms with Crippen LogP contribution in [0.2, 0.25) is 0 Å². The molecule has 0 amide bonds. The van der Waals surface area contributed by atoms with E-state index in [1.165, 1.54) is 6.92 Å². The smallest absolute Gasteiger partial charge is 0.349 e. The lowest BCUT2D eigenvalue weighted by Gasteiger charge is -2.40. The van der Waals surface area contributed by atoms with E-state index >= 15 is 0 Å². The van der Waals surface area contributed by atoms with E-state index in [0.717, 1.165) is 43.1 Å². The maximum Gasteiger partial charge on any atom is 0.349 e. The lowest BCUT2D eigenvalue weighted by Crippen LogP contribution is -2.51. The van der Waals surface area contributed by atoms with Gasteiger partial charge in [0.05, 0.1) is 16.8 Å². The number of piperazine rings is 1. The fourth-order valence-corrected chi connectivity index (χ4v) is 4.87. The number of benzene rings is 1. The number of esters is 1. The normalized spacial score (nSPS) is 16.8. The van der Waals surface area contributed by atoms with E-state index in [-0.39, 0.29) is 11.3 Å². The Kier molecular flexibility index (Phi) is 5.80. The van der Waals surface area contributed by atoms with Crippen LogP contribution in [0.1, 0.15) is 31.7 Å². The van der Waals surface area contributed by atoms with Crippen LogP contribution in [-0.2, 0) is 4.79 Å². The van der Waals surface area contributed by atoms with Gasteiger partial charge in [-0.2, -0.15) is 0 Å². The second-order valence-corrected chi connectivity index (χ2v) is 9.18. The molecule has 0 radical (unpaired) electrons. The number of fused-ring (bicyclic) bond motifs is 2. The number of carbonyl (C=O) groups is 1. The van der Waals surface area contributed by atoms with Crippen molar-refractivity contribution >= 4 is 28.3 Å². The van der Waals surface area contributed by atoms with E-state index in [2.05, 4.69) is 33.7 Å². The summed E-state index contributed by atoms with van der Waals surface area (Å²) in [6.45, 7) is 9.99. The molecule has 182 valence electrons. The zero-order chi connectivity index (χ0) is 24.9. The van der Waals surface area contributed by atoms with Crippen molar-refractivity contribution in [2.75, 3.05) is 31.6 Å². The van der Waals surface area contributed by atoms with Crippen molar-refractivity contribution in [1.29, 1.82) is 0 Å². The van der Waals surface area contributed by atoms with Crippen LogP contribution in [0.15, 0.2) is 39.8 Å². The van der Waals surface area contributed by atoms with Crippen molar-refractivity contribution in [3.8, 4) is 17.0 Å². The van der Waals surface area contributed by atoms with Crippen LogP contribution in [0, 0.1) is 13.8 Å². The Labute approximate surface area is 202 Å². The van der Waals surface area contributed by atoms with Gasteiger partial charge in [-0.1, -0.05) is 6.92 Å². The Balaban J connectivity index is 1.65. The van der Waals surface area contributed by atoms with Gasteiger partial charge in [-0.15, -0.1) is 0 Å². The summed E-state index contributed by atoms with van der Waals surface area (Å²) in [4.78, 5) is 39.0. The third-order valence-corrected chi connectivity index (χ3v) is 6.68. The quantitative estimate of drug-likeness (QED) is 0.327. The van der Waals surface area contributed by atoms with Crippen molar-refractivity contribution in [3.63, 3.8) is 0 Å². The van der Waals surface area contributed by atoms with Crippen LogP contribution >= 0.6 is 0 Å². The SMILES string of the molecule is CC[C@H]1CN(c2ccc3c(OC(C)=O)c(-c4cn5cc(C)nc(C)c5n4)c(=O)oc3c2)CCN1C. The highest BCUT2D eigenvalue weighted by molar-refractivity contribution is 5.94. The predicted octanol–water partition coefficient (Wildman–Crippen LogP) is 3.58. The van der Waals surface area contributed by atoms with Crippen LogP contribution in [0.5, 0.6) is 5.75 Å². The van der Waals surface area contributed by atoms with Gasteiger partial charge in [-0.25, -0.2) is 9.78 Å². The van der Waals surface area contributed by atoms with E-state index < -0.39 is 11.6 Å². The number of nitrogens with zero attached hydrogens (tertiary/aromatic N) is 5. The zero-order valence-corrected chi connectivity index (χ0v) is 20.7. The molecular formula is C26H29N5O4. The zero-order valence-electron chi connectivity index (χ0n) is 20.7. The third-order valence-electron chi connectivity index (χ3n) is 6.68. The van der Waals surface area contributed by atoms with Gasteiger partial charge in [0.2, 0.25) is 0 Å². The number of likely N-dealkylation sites (N-methyl/N-ethyl adjacent to an activating group) is 1. The molecule has 5 rings (SSSR count). The van der Waals surface area contributed by atoms with Gasteiger partial charge >= 0.3 is 11.6 Å². The standard InChI is InChI=1S/C26H29N5O4/c1-6-18-13-30(10-9-29(18)5)19-7-8-20-22(11-19)35-26(33)23(24(20)34-17(4)32)21-14-31-12-15(2)27-16(3)25(31)28-21/h7-8,11-12,14,18H,6,9-10,13H2,1-5H3/t18-/m0/s1. The Morgan fingerprint density at radius 3 is 2.74 bits per heavy atom. The summed E-state index contributed by atoms with van der Waals surface area (Å²) in [7, 11) is 2.15. The highest BCUT2D eigenvalue weighted by atomic mass is 16.5. The number of hydrogen-bond acceptors (Lipinski definition) is 8. The fourth-order valence-electron chi connectivity index (χ4n) is 4.87. The molecule has 1 aliphatic rings. The lowest BCUT2D eigenvalue weighted by molar-refractivity contribution is -0.131. The van der Waals surface area contributed by atoms with E-state index in [1.54, 1.807) is 6.20 Å². The van der Waals surface area contributed by atoms with Gasteiger partial charge in [0.15, 0.2) is 11.4 Å². The van der Waals surface area contributed by atoms with Gasteiger partial charge in [0.25, 0.3) is 0 Å². The van der Waals surface area contributed by atoms with Crippen molar-refractivity contribution in [2.45, 2.75) is 40.2 Å². The number of ether oxygens (including phenoxy) is 1. The van der Waals surface area contributed by atoms with Crippen LogP contribution in [-0.4, -0.2) is 58.0 Å². The molecule has 1 atom stereocenters. The molecule has 4 heterocycles. The summed E-state index contributed by atoms with van der Waals surface area (Å²) >= 11 is 0. The topological polar surface area (TPSA) is 93.2 Å². The maximum atomic E-state index is 13.3. The molecule has 1 saturated heterocycles. The number of aryl methyl sites for hydroxylation is 2. The largest absolute Gasteiger partial charge is 0.425 e. The van der Waals surface area contributed by atoms with Crippen LogP contribution < -0.4 is 15.3 Å². The molecule has 9 heteroatoms. The second-order valence-electron chi connectivity index (χ2n) is 9.18. The summed E-state index contributed by atoms with van der Waals surface area (Å²) in [5.41, 5.74) is 3.39. The molecule has 0 unspecified atom stereocenters. The monoisotopic (exact) mass is 475 g/mol. The molecule has 0 N–H and O–H groups in total. The van der Waals surface area contributed by atoms with Crippen LogP contribution in [0.25, 0.3) is 27.9 Å². The number of imidazole rings is 1. The van der Waals surface area contributed by atoms with Crippen LogP contribution in [0.4, 0.5) is 5.69 Å². The lowest BCUT2D eigenvalue weighted by atomic mass is 10.1. The Morgan fingerprint density at radius 1 is 1.20 bits per heavy atom. The van der Waals surface area contributed by atoms with Crippen LogP contribution in [0.3, 0.4) is 0 Å². The third kappa shape index (κ3) is 4.16. The number of hydrogen-bond donors (Lipinski definition) is 0. The minimum atomic E-state index is -0.610. The van der Waals surface area contributed by atoms with Gasteiger partial charge in [0, 0.05) is 56.7 Å². The average Bonchev–Trinajstić information content (AvgIpc) is 3.22. The molecule has 1 aromatic carbocycles. The van der Waals surface area contributed by atoms with Gasteiger partial charge < -0.3 is 18.5 Å². The molecule has 0 bridgehead atoms. The maximum absolute atomic E-state index is 13.3. The molecular weight excluding hydrogens is 446 g/mol. The first-order chi connectivity index (χ1) is 16.7. The number of anilines is 1. The van der Waals surface area contributed by atoms with Gasteiger partial charge in [0.1, 0.15) is 16.8 Å². The predicted molar refractivity (Wildman–Crippen MR) is 134 cm³/mol. The van der Waals surface area contributed by atoms with Crippen molar-refractivity contribution < 1.29 is 13.9 Å². The van der Waals surface area contributed by atoms with Gasteiger partial charge in [-0.05, 0) is 39.4 Å². The van der Waals surface area contributed by atoms with Crippen molar-refractivity contribution in [3.05, 3.63) is 52.4 Å². The summed E-state index contributed by atoms with van der Waals surface area (Å²) in [6, 6.07) is 6.15. The second kappa shape index (κ2) is 8.81. The minimum Gasteiger partial charge on any atom is -0.425 e. The molecule has 3 aromatic heterocycles. The Hall–Kier alpha value is -3.72. The molecule has 9 nitrogen and oxygen atoms in total. The fraction of sp³-hybridized carbons (Fsp3) is 0.385. The Bertz CT molecular complexity index is 1510. The summed E-state index contributed by atoms with van der Waals surface area (Å²) in [5, 5.41) is 0.544. The average molecular weight is 476 g/mol. The van der Waals surface area contributed by atoms with E-state index in [1.807, 2.05) is 42.6 Å². The summed E-state index contributed by atoms with van der Waals surface area (Å²) < 4.78 is 13.2. The number of aromatic nitrogens is 3. The molecule has 4 aromatic rings. The van der Waals surface area contributed by atoms with E-state index in [4.69, 9.17) is 9.15 Å². The number of rotatable bonds is 4. The first kappa shape index (κ1) is 23.0. The first-order valence-electron chi connectivity index (χ1n) is 11.8. The molecule has 0 aliphatic carbocycles. The highest BCUT2D eigenvalue weighted by Gasteiger charge is 2.26. The van der Waals surface area contributed by atoms with Crippen molar-refractivity contribution in [2.24, 2.45) is 0 Å². The highest BCUT2D eigenvalue weighted by Crippen LogP contribution is 2.36. The molecule has 1 aliphatic heterocycles. The van der Waals surface area contributed by atoms with E-state index in [0.29, 0.717) is 28.4 Å².